The summed E-state index contributed by atoms with van der Waals surface area (Å²) in [6, 6.07) is 8.05. The molecule has 2 nitrogen and oxygen atoms in total. The number of benzene rings is 1. The molecule has 1 rings (SSSR count). The molecule has 0 saturated carbocycles. The Bertz CT molecular complexity index is 372. The summed E-state index contributed by atoms with van der Waals surface area (Å²) in [4.78, 5) is 0. The molecule has 0 aliphatic carbocycles. The van der Waals surface area contributed by atoms with Gasteiger partial charge in [0.25, 0.3) is 0 Å². The fourth-order valence-electron chi connectivity index (χ4n) is 1.56. The van der Waals surface area contributed by atoms with Gasteiger partial charge < -0.3 is 0 Å². The molecule has 0 aromatic heterocycles. The van der Waals surface area contributed by atoms with E-state index in [1.54, 1.807) is 0 Å². The Balaban J connectivity index is 3.27. The molecule has 0 aliphatic heterocycles. The zero-order valence-corrected chi connectivity index (χ0v) is 11.1. The monoisotopic (exact) mass is 250 g/mol. The third kappa shape index (κ3) is 2.37. The van der Waals surface area contributed by atoms with Gasteiger partial charge >= 0.3 is 87.9 Å². The van der Waals surface area contributed by atoms with Gasteiger partial charge in [0.05, 0.1) is 0 Å². The molecule has 0 atom stereocenters. The summed E-state index contributed by atoms with van der Waals surface area (Å²) in [6.45, 7) is 0.535. The fraction of sp³-hybridized carbons (Fsp3) is 0.364. The summed E-state index contributed by atoms with van der Waals surface area (Å²) < 4.78 is 1.41. The van der Waals surface area contributed by atoms with E-state index in [1.807, 2.05) is 12.1 Å². The van der Waals surface area contributed by atoms with Crippen molar-refractivity contribution in [3.8, 4) is 6.07 Å². The molecule has 1 aromatic rings. The molecule has 14 heavy (non-hydrogen) atoms. The van der Waals surface area contributed by atoms with E-state index >= 15 is 0 Å². The Hall–Kier alpha value is -0.787. The van der Waals surface area contributed by atoms with Gasteiger partial charge in [-0.15, -0.1) is 0 Å². The van der Waals surface area contributed by atoms with Crippen LogP contribution in [0.15, 0.2) is 18.2 Å². The van der Waals surface area contributed by atoms with Crippen LogP contribution in [0.5, 0.6) is 0 Å². The molecule has 3 heteroatoms. The van der Waals surface area contributed by atoms with Gasteiger partial charge in [0.1, 0.15) is 0 Å². The average molecular weight is 249 g/mol. The zero-order valence-electron chi connectivity index (χ0n) is 8.96. The van der Waals surface area contributed by atoms with Crippen molar-refractivity contribution in [2.24, 2.45) is 5.73 Å². The van der Waals surface area contributed by atoms with Crippen LogP contribution in [0.3, 0.4) is 0 Å². The summed E-state index contributed by atoms with van der Waals surface area (Å²) in [7, 11) is 0. The van der Waals surface area contributed by atoms with Crippen molar-refractivity contribution >= 4 is 17.7 Å². The number of nitrogens with two attached hydrogens (primary N) is 1. The first-order valence-corrected chi connectivity index (χ1v) is 12.1. The van der Waals surface area contributed by atoms with Crippen LogP contribution in [0.1, 0.15) is 11.1 Å². The number of hydrogen-bond acceptors (Lipinski definition) is 2. The van der Waals surface area contributed by atoms with Crippen molar-refractivity contribution in [1.29, 1.82) is 5.26 Å². The number of nitrogens with zero attached hydrogens (tertiary/aromatic N) is 1. The van der Waals surface area contributed by atoms with Gasteiger partial charge in [-0.25, -0.2) is 0 Å². The van der Waals surface area contributed by atoms with Crippen molar-refractivity contribution in [3.63, 3.8) is 0 Å². The van der Waals surface area contributed by atoms with Gasteiger partial charge in [-0.2, -0.15) is 0 Å². The molecule has 0 amide bonds. The molecule has 74 valence electrons. The van der Waals surface area contributed by atoms with E-state index < -0.39 is 13.3 Å². The van der Waals surface area contributed by atoms with Crippen LogP contribution in [-0.2, 0) is 6.54 Å². The Labute approximate surface area is 88.1 Å². The van der Waals surface area contributed by atoms with Crippen molar-refractivity contribution < 1.29 is 0 Å². The van der Waals surface area contributed by atoms with E-state index in [2.05, 4.69) is 29.4 Å². The third-order valence-electron chi connectivity index (χ3n) is 2.26. The Morgan fingerprint density at radius 3 is 2.43 bits per heavy atom. The topological polar surface area (TPSA) is 49.8 Å². The van der Waals surface area contributed by atoms with Crippen LogP contribution >= 0.6 is 0 Å². The molecule has 0 radical (unpaired) electrons. The second-order valence-corrected chi connectivity index (χ2v) is 15.0. The Morgan fingerprint density at radius 2 is 2.00 bits per heavy atom. The predicted octanol–water partition coefficient (Wildman–Crippen LogP) is 1.56. The van der Waals surface area contributed by atoms with Crippen molar-refractivity contribution in [2.45, 2.75) is 23.8 Å². The van der Waals surface area contributed by atoms with E-state index in [4.69, 9.17) is 11.0 Å². The van der Waals surface area contributed by atoms with E-state index in [1.165, 1.54) is 4.40 Å². The van der Waals surface area contributed by atoms with Gasteiger partial charge in [-0.3, -0.25) is 0 Å². The predicted molar refractivity (Wildman–Crippen MR) is 62.0 cm³/mol. The zero-order chi connectivity index (χ0) is 10.8. The quantitative estimate of drug-likeness (QED) is 0.808. The minimum absolute atomic E-state index is 0.535. The molecule has 0 unspecified atom stereocenters. The minimum atomic E-state index is -1.82. The molecule has 0 aliphatic rings. The number of rotatable bonds is 2. The Morgan fingerprint density at radius 1 is 1.36 bits per heavy atom. The van der Waals surface area contributed by atoms with E-state index in [-0.39, 0.29) is 0 Å². The average Bonchev–Trinajstić information content (AvgIpc) is 2.15. The van der Waals surface area contributed by atoms with Crippen LogP contribution < -0.4 is 10.1 Å². The van der Waals surface area contributed by atoms with Crippen LogP contribution in [0.4, 0.5) is 0 Å². The SMILES string of the molecule is [CH3][Ge]([CH3])([CH3])[c]1ccc(C#N)cc1CN. The summed E-state index contributed by atoms with van der Waals surface area (Å²) >= 11 is -1.82. The molecule has 1 aromatic carbocycles. The number of hydrogen-bond donors (Lipinski definition) is 1. The van der Waals surface area contributed by atoms with Gasteiger partial charge in [-0.1, -0.05) is 0 Å². The first-order chi connectivity index (χ1) is 6.49. The van der Waals surface area contributed by atoms with Crippen LogP contribution in [0.25, 0.3) is 0 Å². The van der Waals surface area contributed by atoms with E-state index in [0.29, 0.717) is 12.1 Å². The summed E-state index contributed by atoms with van der Waals surface area (Å²) in [5.41, 5.74) is 7.55. The molecular weight excluding hydrogens is 233 g/mol. The van der Waals surface area contributed by atoms with Gasteiger partial charge in [0, 0.05) is 0 Å². The van der Waals surface area contributed by atoms with Crippen molar-refractivity contribution in [2.75, 3.05) is 0 Å². The summed E-state index contributed by atoms with van der Waals surface area (Å²) in [5.74, 6) is 7.00. The van der Waals surface area contributed by atoms with Crippen LogP contribution in [0, 0.1) is 11.3 Å². The molecule has 0 bridgehead atoms. The molecule has 0 heterocycles. The van der Waals surface area contributed by atoms with Crippen LogP contribution in [-0.4, -0.2) is 13.3 Å². The second kappa shape index (κ2) is 4.16. The molecule has 0 spiro atoms. The van der Waals surface area contributed by atoms with E-state index in [0.717, 1.165) is 5.56 Å². The normalized spacial score (nSPS) is 11.1. The third-order valence-corrected chi connectivity index (χ3v) is 6.68. The molecule has 0 saturated heterocycles. The van der Waals surface area contributed by atoms with Gasteiger partial charge in [0.15, 0.2) is 0 Å². The summed E-state index contributed by atoms with van der Waals surface area (Å²) in [6.07, 6.45) is 0. The van der Waals surface area contributed by atoms with Gasteiger partial charge in [0.2, 0.25) is 0 Å². The van der Waals surface area contributed by atoms with Crippen molar-refractivity contribution in [1.82, 2.24) is 0 Å². The number of nitriles is 1. The standard InChI is InChI=1S/C11H16GeN2/c1-12(2,3)11-5-4-9(7-13)6-10(11)8-14/h4-6H,8,14H2,1-3H3. The second-order valence-electron chi connectivity index (χ2n) is 4.44. The van der Waals surface area contributed by atoms with Crippen LogP contribution in [0.2, 0.25) is 17.3 Å². The fourth-order valence-corrected chi connectivity index (χ4v) is 5.17. The van der Waals surface area contributed by atoms with Gasteiger partial charge in [-0.05, 0) is 0 Å². The van der Waals surface area contributed by atoms with E-state index in [9.17, 15) is 0 Å². The first-order valence-electron chi connectivity index (χ1n) is 4.72. The first kappa shape index (κ1) is 11.3. The maximum absolute atomic E-state index is 8.78. The molecule has 0 fully saturated rings. The van der Waals surface area contributed by atoms with Crippen molar-refractivity contribution in [3.05, 3.63) is 29.3 Å². The maximum atomic E-state index is 8.78. The molecule has 2 N–H and O–H groups in total. The Kier molecular flexibility index (Phi) is 3.35. The molecular formula is C11H16GeN2. The summed E-state index contributed by atoms with van der Waals surface area (Å²) in [5, 5.41) is 8.78.